The summed E-state index contributed by atoms with van der Waals surface area (Å²) in [6.07, 6.45) is 0. The van der Waals surface area contributed by atoms with Crippen molar-refractivity contribution in [3.05, 3.63) is 70.8 Å². The first-order valence-electron chi connectivity index (χ1n) is 9.82. The van der Waals surface area contributed by atoms with Crippen LogP contribution in [0.3, 0.4) is 0 Å². The Morgan fingerprint density at radius 1 is 0.562 bits per heavy atom. The maximum Gasteiger partial charge on any atom is 0.262 e. The van der Waals surface area contributed by atoms with Crippen LogP contribution in [0.25, 0.3) is 0 Å². The Hall–Kier alpha value is -4.34. The van der Waals surface area contributed by atoms with Crippen LogP contribution in [0.5, 0.6) is 0 Å². The zero-order valence-corrected chi connectivity index (χ0v) is 16.8. The molecule has 162 valence electrons. The Balaban J connectivity index is 1.21. The van der Waals surface area contributed by atoms with Gasteiger partial charge in [-0.1, -0.05) is 24.3 Å². The molecule has 2 N–H and O–H groups in total. The van der Waals surface area contributed by atoms with Crippen molar-refractivity contribution >= 4 is 35.4 Å². The number of hydrogen-bond donors (Lipinski definition) is 2. The first-order valence-corrected chi connectivity index (χ1v) is 9.82. The normalized spacial score (nSPS) is 14.5. The Bertz CT molecular complexity index is 1010. The fourth-order valence-corrected chi connectivity index (χ4v) is 3.57. The van der Waals surface area contributed by atoms with Crippen molar-refractivity contribution in [2.45, 2.75) is 0 Å². The number of fused-ring (bicyclic) bond motifs is 2. The second-order valence-electron chi connectivity index (χ2n) is 7.18. The standard InChI is InChI=1S/C22H18N4O6/c27-17(11-25-19(29)13-5-1-2-6-14(13)20(25)30)23-9-10-24-18(28)12-26-21(31)15-7-3-4-8-16(15)22(26)32/h1-8H,9-12H2,(H,23,27)(H,24,28). The minimum atomic E-state index is -0.561. The van der Waals surface area contributed by atoms with Crippen molar-refractivity contribution < 1.29 is 28.8 Å². The molecule has 0 aromatic heterocycles. The number of carbonyl (C=O) groups is 6. The topological polar surface area (TPSA) is 133 Å². The van der Waals surface area contributed by atoms with Crippen LogP contribution >= 0.6 is 0 Å². The number of imide groups is 2. The lowest BCUT2D eigenvalue weighted by molar-refractivity contribution is -0.123. The largest absolute Gasteiger partial charge is 0.353 e. The van der Waals surface area contributed by atoms with Gasteiger partial charge in [0.15, 0.2) is 0 Å². The summed E-state index contributed by atoms with van der Waals surface area (Å²) < 4.78 is 0. The van der Waals surface area contributed by atoms with Crippen LogP contribution in [0.2, 0.25) is 0 Å². The maximum atomic E-state index is 12.3. The fourth-order valence-electron chi connectivity index (χ4n) is 3.57. The molecule has 0 saturated carbocycles. The Morgan fingerprint density at radius 2 is 0.844 bits per heavy atom. The van der Waals surface area contributed by atoms with E-state index in [2.05, 4.69) is 10.6 Å². The molecule has 0 atom stereocenters. The van der Waals surface area contributed by atoms with E-state index in [-0.39, 0.29) is 35.3 Å². The summed E-state index contributed by atoms with van der Waals surface area (Å²) in [7, 11) is 0. The first-order chi connectivity index (χ1) is 15.4. The highest BCUT2D eigenvalue weighted by atomic mass is 16.2. The molecule has 2 aliphatic heterocycles. The number of rotatable bonds is 7. The highest BCUT2D eigenvalue weighted by Crippen LogP contribution is 2.22. The van der Waals surface area contributed by atoms with Gasteiger partial charge in [-0.05, 0) is 24.3 Å². The molecule has 6 amide bonds. The van der Waals surface area contributed by atoms with E-state index >= 15 is 0 Å². The lowest BCUT2D eigenvalue weighted by Gasteiger charge is -2.15. The van der Waals surface area contributed by atoms with Crippen LogP contribution < -0.4 is 10.6 Å². The van der Waals surface area contributed by atoms with E-state index in [0.29, 0.717) is 0 Å². The van der Waals surface area contributed by atoms with Crippen LogP contribution in [0, 0.1) is 0 Å². The van der Waals surface area contributed by atoms with Gasteiger partial charge in [0.25, 0.3) is 23.6 Å². The van der Waals surface area contributed by atoms with Crippen LogP contribution in [0.15, 0.2) is 48.5 Å². The molecule has 10 nitrogen and oxygen atoms in total. The van der Waals surface area contributed by atoms with Gasteiger partial charge in [0.05, 0.1) is 22.3 Å². The SMILES string of the molecule is O=C(CN1C(=O)c2ccccc2C1=O)NCCNC(=O)CN1C(=O)c2ccccc2C1=O. The number of nitrogens with one attached hydrogen (secondary N) is 2. The number of benzene rings is 2. The van der Waals surface area contributed by atoms with Crippen LogP contribution in [0.1, 0.15) is 41.4 Å². The van der Waals surface area contributed by atoms with E-state index in [1.165, 1.54) is 24.3 Å². The lowest BCUT2D eigenvalue weighted by Crippen LogP contribution is -2.44. The minimum Gasteiger partial charge on any atom is -0.353 e. The van der Waals surface area contributed by atoms with Crippen molar-refractivity contribution in [3.8, 4) is 0 Å². The summed E-state index contributed by atoms with van der Waals surface area (Å²) in [6.45, 7) is -0.795. The molecule has 0 aliphatic carbocycles. The monoisotopic (exact) mass is 434 g/mol. The predicted molar refractivity (Wildman–Crippen MR) is 110 cm³/mol. The van der Waals surface area contributed by atoms with Gasteiger partial charge >= 0.3 is 0 Å². The molecule has 10 heteroatoms. The Morgan fingerprint density at radius 3 is 1.12 bits per heavy atom. The van der Waals surface area contributed by atoms with E-state index in [1.54, 1.807) is 24.3 Å². The molecule has 32 heavy (non-hydrogen) atoms. The summed E-state index contributed by atoms with van der Waals surface area (Å²) in [5, 5.41) is 5.02. The van der Waals surface area contributed by atoms with Gasteiger partial charge in [-0.3, -0.25) is 38.6 Å². The molecule has 0 bridgehead atoms. The van der Waals surface area contributed by atoms with E-state index in [1.807, 2.05) is 0 Å². The number of carbonyl (C=O) groups excluding carboxylic acids is 6. The van der Waals surface area contributed by atoms with Crippen LogP contribution in [-0.2, 0) is 9.59 Å². The quantitative estimate of drug-likeness (QED) is 0.459. The highest BCUT2D eigenvalue weighted by Gasteiger charge is 2.37. The number of nitrogens with zero attached hydrogens (tertiary/aromatic N) is 2. The third-order valence-electron chi connectivity index (χ3n) is 5.13. The van der Waals surface area contributed by atoms with E-state index in [4.69, 9.17) is 0 Å². The molecule has 2 aromatic rings. The zero-order chi connectivity index (χ0) is 22.8. The molecular weight excluding hydrogens is 416 g/mol. The molecule has 0 spiro atoms. The average molecular weight is 434 g/mol. The first kappa shape index (κ1) is 20.9. The Labute approximate surface area is 182 Å². The second-order valence-corrected chi connectivity index (χ2v) is 7.18. The van der Waals surface area contributed by atoms with Gasteiger partial charge in [-0.2, -0.15) is 0 Å². The van der Waals surface area contributed by atoms with Gasteiger partial charge in [0.1, 0.15) is 13.1 Å². The van der Waals surface area contributed by atoms with Crippen LogP contribution in [0.4, 0.5) is 0 Å². The smallest absolute Gasteiger partial charge is 0.262 e. The third kappa shape index (κ3) is 3.73. The highest BCUT2D eigenvalue weighted by molar-refractivity contribution is 6.23. The van der Waals surface area contributed by atoms with Gasteiger partial charge in [0.2, 0.25) is 11.8 Å². The summed E-state index contributed by atoms with van der Waals surface area (Å²) in [4.78, 5) is 75.0. The summed E-state index contributed by atoms with van der Waals surface area (Å²) in [5.74, 6) is -3.25. The van der Waals surface area contributed by atoms with E-state index < -0.39 is 48.5 Å². The molecule has 0 unspecified atom stereocenters. The zero-order valence-electron chi connectivity index (χ0n) is 16.8. The molecule has 0 radical (unpaired) electrons. The van der Waals surface area contributed by atoms with E-state index in [0.717, 1.165) is 9.80 Å². The van der Waals surface area contributed by atoms with Gasteiger partial charge in [0, 0.05) is 13.1 Å². The fraction of sp³-hybridized carbons (Fsp3) is 0.182. The molecule has 4 rings (SSSR count). The van der Waals surface area contributed by atoms with Gasteiger partial charge in [-0.15, -0.1) is 0 Å². The van der Waals surface area contributed by atoms with Crippen molar-refractivity contribution in [1.29, 1.82) is 0 Å². The molecule has 2 heterocycles. The molecular formula is C22H18N4O6. The number of hydrogen-bond acceptors (Lipinski definition) is 6. The van der Waals surface area contributed by atoms with Crippen molar-refractivity contribution in [3.63, 3.8) is 0 Å². The van der Waals surface area contributed by atoms with Crippen molar-refractivity contribution in [2.75, 3.05) is 26.2 Å². The molecule has 0 fully saturated rings. The second kappa shape index (κ2) is 8.42. The summed E-state index contributed by atoms with van der Waals surface area (Å²) in [5.41, 5.74) is 1.02. The third-order valence-corrected chi connectivity index (χ3v) is 5.13. The number of amides is 6. The van der Waals surface area contributed by atoms with Gasteiger partial charge in [-0.25, -0.2) is 0 Å². The minimum absolute atomic E-state index is 0.0376. The van der Waals surface area contributed by atoms with Gasteiger partial charge < -0.3 is 10.6 Å². The van der Waals surface area contributed by atoms with Crippen molar-refractivity contribution in [2.24, 2.45) is 0 Å². The molecule has 2 aromatic carbocycles. The average Bonchev–Trinajstić information content (AvgIpc) is 3.18. The van der Waals surface area contributed by atoms with E-state index in [9.17, 15) is 28.8 Å². The van der Waals surface area contributed by atoms with Crippen molar-refractivity contribution in [1.82, 2.24) is 20.4 Å². The summed E-state index contributed by atoms with van der Waals surface area (Å²) >= 11 is 0. The molecule has 2 aliphatic rings. The van der Waals surface area contributed by atoms with Crippen LogP contribution in [-0.4, -0.2) is 71.4 Å². The Kier molecular flexibility index (Phi) is 5.50. The maximum absolute atomic E-state index is 12.3. The molecule has 0 saturated heterocycles. The predicted octanol–water partition coefficient (Wildman–Crippen LogP) is -0.189. The lowest BCUT2D eigenvalue weighted by atomic mass is 10.1. The summed E-state index contributed by atoms with van der Waals surface area (Å²) in [6, 6.07) is 12.6.